The molecule has 0 aromatic heterocycles. The van der Waals surface area contributed by atoms with Gasteiger partial charge in [-0.3, -0.25) is 9.59 Å². The lowest BCUT2D eigenvalue weighted by molar-refractivity contribution is -0.197. The van der Waals surface area contributed by atoms with Crippen LogP contribution in [0.5, 0.6) is 0 Å². The van der Waals surface area contributed by atoms with Gasteiger partial charge in [0.1, 0.15) is 11.4 Å². The quantitative estimate of drug-likeness (QED) is 0.764. The van der Waals surface area contributed by atoms with Crippen molar-refractivity contribution in [3.63, 3.8) is 0 Å². The summed E-state index contributed by atoms with van der Waals surface area (Å²) >= 11 is 0. The molecule has 2 N–H and O–H groups in total. The molecular formula is C21H32O4. The van der Waals surface area contributed by atoms with Gasteiger partial charge in [-0.2, -0.15) is 0 Å². The predicted molar refractivity (Wildman–Crippen MR) is 93.8 cm³/mol. The molecule has 0 heterocycles. The van der Waals surface area contributed by atoms with Gasteiger partial charge in [-0.25, -0.2) is 0 Å². The van der Waals surface area contributed by atoms with Crippen LogP contribution >= 0.6 is 0 Å². The first-order chi connectivity index (χ1) is 11.6. The largest absolute Gasteiger partial charge is 0.393 e. The summed E-state index contributed by atoms with van der Waals surface area (Å²) in [5.74, 6) is 1.48. The van der Waals surface area contributed by atoms with Crippen molar-refractivity contribution in [1.82, 2.24) is 0 Å². The van der Waals surface area contributed by atoms with Crippen molar-refractivity contribution in [3.8, 4) is 0 Å². The first-order valence-electron chi connectivity index (χ1n) is 10.1. The van der Waals surface area contributed by atoms with Gasteiger partial charge in [-0.1, -0.05) is 13.8 Å². The number of rotatable bonds is 1. The van der Waals surface area contributed by atoms with Crippen molar-refractivity contribution >= 4 is 11.6 Å². The predicted octanol–water partition coefficient (Wildman–Crippen LogP) is 2.89. The Morgan fingerprint density at radius 1 is 1.16 bits per heavy atom. The molecule has 0 spiro atoms. The van der Waals surface area contributed by atoms with Gasteiger partial charge < -0.3 is 10.2 Å². The summed E-state index contributed by atoms with van der Waals surface area (Å²) in [4.78, 5) is 24.2. The molecule has 4 fully saturated rings. The lowest BCUT2D eigenvalue weighted by Crippen LogP contribution is -2.62. The van der Waals surface area contributed by atoms with Crippen LogP contribution in [0.1, 0.15) is 72.1 Å². The maximum Gasteiger partial charge on any atom is 0.161 e. The van der Waals surface area contributed by atoms with Gasteiger partial charge in [0.2, 0.25) is 0 Å². The lowest BCUT2D eigenvalue weighted by atomic mass is 9.43. The zero-order valence-electron chi connectivity index (χ0n) is 15.8. The van der Waals surface area contributed by atoms with Gasteiger partial charge in [-0.05, 0) is 74.5 Å². The van der Waals surface area contributed by atoms with E-state index in [2.05, 4.69) is 6.92 Å². The topological polar surface area (TPSA) is 74.6 Å². The van der Waals surface area contributed by atoms with Crippen molar-refractivity contribution in [1.29, 1.82) is 0 Å². The van der Waals surface area contributed by atoms with Crippen LogP contribution in [0.25, 0.3) is 0 Å². The third kappa shape index (κ3) is 2.13. The minimum absolute atomic E-state index is 0.0223. The Morgan fingerprint density at radius 3 is 2.56 bits per heavy atom. The molecule has 4 aliphatic rings. The van der Waals surface area contributed by atoms with Crippen LogP contribution in [0.4, 0.5) is 0 Å². The van der Waals surface area contributed by atoms with Gasteiger partial charge in [0.25, 0.3) is 0 Å². The molecule has 4 heteroatoms. The van der Waals surface area contributed by atoms with Gasteiger partial charge in [-0.15, -0.1) is 0 Å². The normalized spacial score (nSPS) is 55.2. The summed E-state index contributed by atoms with van der Waals surface area (Å²) in [6, 6.07) is 0. The molecule has 4 rings (SSSR count). The second kappa shape index (κ2) is 5.39. The van der Waals surface area contributed by atoms with E-state index < -0.39 is 17.1 Å². The van der Waals surface area contributed by atoms with Crippen LogP contribution in [0.2, 0.25) is 0 Å². The fourth-order valence-corrected chi connectivity index (χ4v) is 7.75. The van der Waals surface area contributed by atoms with Gasteiger partial charge in [0.15, 0.2) is 5.78 Å². The Balaban J connectivity index is 1.71. The molecule has 25 heavy (non-hydrogen) atoms. The molecule has 0 unspecified atom stereocenters. The van der Waals surface area contributed by atoms with E-state index in [-0.39, 0.29) is 17.1 Å². The van der Waals surface area contributed by atoms with Crippen LogP contribution in [0.15, 0.2) is 0 Å². The van der Waals surface area contributed by atoms with Crippen LogP contribution in [-0.2, 0) is 9.59 Å². The molecular weight excluding hydrogens is 316 g/mol. The number of Topliss-reactive ketones (excluding diaryl/α,β-unsaturated/α-hetero) is 2. The first kappa shape index (κ1) is 17.7. The van der Waals surface area contributed by atoms with Crippen molar-refractivity contribution in [3.05, 3.63) is 0 Å². The summed E-state index contributed by atoms with van der Waals surface area (Å²) in [6.07, 6.45) is 5.67. The van der Waals surface area contributed by atoms with Crippen LogP contribution in [0, 0.1) is 34.5 Å². The third-order valence-electron chi connectivity index (χ3n) is 9.15. The second-order valence-corrected chi connectivity index (χ2v) is 9.96. The number of aliphatic hydroxyl groups excluding tert-OH is 1. The molecule has 0 aliphatic heterocycles. The smallest absolute Gasteiger partial charge is 0.161 e. The maximum atomic E-state index is 12.3. The highest BCUT2D eigenvalue weighted by atomic mass is 16.3. The Labute approximate surface area is 150 Å². The molecule has 4 aliphatic carbocycles. The van der Waals surface area contributed by atoms with Crippen LogP contribution in [-0.4, -0.2) is 33.5 Å². The first-order valence-corrected chi connectivity index (χ1v) is 10.1. The molecule has 0 amide bonds. The molecule has 0 aromatic rings. The van der Waals surface area contributed by atoms with Crippen molar-refractivity contribution in [2.45, 2.75) is 83.8 Å². The number of hydrogen-bond donors (Lipinski definition) is 2. The van der Waals surface area contributed by atoms with E-state index >= 15 is 0 Å². The Kier molecular flexibility index (Phi) is 3.81. The van der Waals surface area contributed by atoms with E-state index in [9.17, 15) is 19.8 Å². The van der Waals surface area contributed by atoms with Gasteiger partial charge in [0.05, 0.1) is 6.10 Å². The highest BCUT2D eigenvalue weighted by Gasteiger charge is 2.68. The minimum atomic E-state index is -1.29. The van der Waals surface area contributed by atoms with E-state index in [1.807, 2.05) is 6.92 Å². The number of carbonyl (C=O) groups excluding carboxylic acids is 2. The second-order valence-electron chi connectivity index (χ2n) is 9.96. The lowest BCUT2D eigenvalue weighted by Gasteiger charge is -2.62. The number of carbonyl (C=O) groups is 2. The van der Waals surface area contributed by atoms with Gasteiger partial charge >= 0.3 is 0 Å². The molecule has 0 saturated heterocycles. The Morgan fingerprint density at radius 2 is 1.88 bits per heavy atom. The highest BCUT2D eigenvalue weighted by Crippen LogP contribution is 2.68. The summed E-state index contributed by atoms with van der Waals surface area (Å²) in [5.41, 5.74) is -1.79. The van der Waals surface area contributed by atoms with Gasteiger partial charge in [0, 0.05) is 18.3 Å². The van der Waals surface area contributed by atoms with Crippen LogP contribution in [0.3, 0.4) is 0 Å². The Bertz CT molecular complexity index is 615. The fourth-order valence-electron chi connectivity index (χ4n) is 7.75. The van der Waals surface area contributed by atoms with Crippen molar-refractivity contribution in [2.24, 2.45) is 34.5 Å². The molecule has 0 radical (unpaired) electrons. The molecule has 4 nitrogen and oxygen atoms in total. The van der Waals surface area contributed by atoms with Crippen molar-refractivity contribution < 1.29 is 19.8 Å². The van der Waals surface area contributed by atoms with E-state index in [4.69, 9.17) is 0 Å². The minimum Gasteiger partial charge on any atom is -0.393 e. The highest BCUT2D eigenvalue weighted by molar-refractivity contribution is 5.86. The summed E-state index contributed by atoms with van der Waals surface area (Å²) in [5, 5.41) is 22.4. The monoisotopic (exact) mass is 348 g/mol. The van der Waals surface area contributed by atoms with E-state index in [1.54, 1.807) is 0 Å². The SMILES string of the molecule is CC(=O)[C@@]1(O)CC[C@H]2[C@@H]3CC[C@H]4CC(=O)CC[C@]4(C)[C@H]3[C@@H](O)C[C@@]21C. The Hall–Kier alpha value is -0.740. The summed E-state index contributed by atoms with van der Waals surface area (Å²) < 4.78 is 0. The average molecular weight is 348 g/mol. The number of aliphatic hydroxyl groups is 2. The zero-order chi connectivity index (χ0) is 18.2. The molecule has 4 saturated carbocycles. The maximum absolute atomic E-state index is 12.3. The summed E-state index contributed by atoms with van der Waals surface area (Å²) in [6.45, 7) is 5.82. The zero-order valence-corrected chi connectivity index (χ0v) is 15.8. The van der Waals surface area contributed by atoms with E-state index in [0.717, 1.165) is 25.7 Å². The van der Waals surface area contributed by atoms with Crippen LogP contribution < -0.4 is 0 Å². The van der Waals surface area contributed by atoms with E-state index in [0.29, 0.717) is 49.2 Å². The number of fused-ring (bicyclic) bond motifs is 5. The standard InChI is InChI=1S/C21H32O4/c1-12(22)21(25)9-7-16-15-5-4-13-10-14(23)6-8-19(13,2)18(15)17(24)11-20(16,21)3/h13,15-18,24-25H,4-11H2,1-3H3/t13-,15-,16-,17-,18+,19-,20-,21-/m0/s1. The van der Waals surface area contributed by atoms with Crippen molar-refractivity contribution in [2.75, 3.05) is 0 Å². The third-order valence-corrected chi connectivity index (χ3v) is 9.15. The fraction of sp³-hybridized carbons (Fsp3) is 0.905. The molecule has 0 bridgehead atoms. The number of ketones is 2. The summed E-state index contributed by atoms with van der Waals surface area (Å²) in [7, 11) is 0. The average Bonchev–Trinajstić information content (AvgIpc) is 2.80. The molecule has 0 aromatic carbocycles. The van der Waals surface area contributed by atoms with E-state index in [1.165, 1.54) is 6.92 Å². The number of hydrogen-bond acceptors (Lipinski definition) is 4. The molecule has 8 atom stereocenters. The molecule has 140 valence electrons.